The van der Waals surface area contributed by atoms with E-state index in [1.54, 1.807) is 17.7 Å². The number of phenols is 3. The highest BCUT2D eigenvalue weighted by Crippen LogP contribution is 2.74. The first-order valence-electron chi connectivity index (χ1n) is 25.5. The first-order valence-corrected chi connectivity index (χ1v) is 30.0. The molecule has 15 heteroatoms. The van der Waals surface area contributed by atoms with E-state index >= 15 is 0 Å². The van der Waals surface area contributed by atoms with Crippen molar-refractivity contribution in [2.45, 2.75) is 135 Å². The van der Waals surface area contributed by atoms with Crippen molar-refractivity contribution in [3.8, 4) is 51.4 Å². The number of nitrogens with one attached hydrogen (secondary N) is 1. The van der Waals surface area contributed by atoms with Gasteiger partial charge in [-0.3, -0.25) is 0 Å². The number of methoxy groups -OCH3 is 1. The second-order valence-corrected chi connectivity index (χ2v) is 27.3. The summed E-state index contributed by atoms with van der Waals surface area (Å²) in [6.45, 7) is 4.12. The third-order valence-electron chi connectivity index (χ3n) is 17.9. The van der Waals surface area contributed by atoms with Crippen molar-refractivity contribution in [3.63, 3.8) is 0 Å². The molecule has 7 N–H and O–H groups in total. The monoisotopic (exact) mass is 1030 g/mol. The zero-order valence-corrected chi connectivity index (χ0v) is 43.4. The summed E-state index contributed by atoms with van der Waals surface area (Å²) < 4.78 is 25.6. The number of benzene rings is 3. The van der Waals surface area contributed by atoms with E-state index in [0.717, 1.165) is 92.0 Å². The molecule has 4 aliphatic heterocycles. The number of phenolic OH excluding ortho intramolecular Hbond substituents is 3. The number of aliphatic hydroxyl groups excluding tert-OH is 3. The van der Waals surface area contributed by atoms with Gasteiger partial charge in [-0.1, -0.05) is 75.9 Å². The maximum atomic E-state index is 14.0. The van der Waals surface area contributed by atoms with Gasteiger partial charge in [0, 0.05) is 67.0 Å². The van der Waals surface area contributed by atoms with Crippen LogP contribution in [0.4, 0.5) is 0 Å². The minimum Gasteiger partial charge on any atom is -0.508 e. The van der Waals surface area contributed by atoms with Crippen molar-refractivity contribution in [1.82, 2.24) is 4.98 Å². The normalized spacial score (nSPS) is 32.2. The molecule has 10 bridgehead atoms. The molecule has 11 nitrogen and oxygen atoms in total. The topological polar surface area (TPSA) is 174 Å². The lowest BCUT2D eigenvalue weighted by atomic mass is 9.52. The lowest BCUT2D eigenvalue weighted by Gasteiger charge is -2.60. The quantitative estimate of drug-likeness (QED) is 0.0707. The molecule has 2 saturated heterocycles. The molecule has 70 heavy (non-hydrogen) atoms. The maximum absolute atomic E-state index is 14.0. The highest BCUT2D eigenvalue weighted by molar-refractivity contribution is 8.78. The van der Waals surface area contributed by atoms with Gasteiger partial charge in [0.05, 0.1) is 26.9 Å². The molecule has 4 fully saturated rings. The Morgan fingerprint density at radius 1 is 0.900 bits per heavy atom. The Kier molecular flexibility index (Phi) is 12.2. The van der Waals surface area contributed by atoms with Gasteiger partial charge in [0.1, 0.15) is 30.0 Å². The Morgan fingerprint density at radius 2 is 1.73 bits per heavy atom. The Labute approximate surface area is 426 Å². The predicted octanol–water partition coefficient (Wildman–Crippen LogP) is 11.3. The second-order valence-electron chi connectivity index (χ2n) is 21.9. The van der Waals surface area contributed by atoms with Gasteiger partial charge in [-0.25, -0.2) is 0 Å². The lowest BCUT2D eigenvalue weighted by molar-refractivity contribution is -0.125. The van der Waals surface area contributed by atoms with E-state index in [1.807, 2.05) is 61.4 Å². The van der Waals surface area contributed by atoms with E-state index in [4.69, 9.17) is 18.9 Å². The summed E-state index contributed by atoms with van der Waals surface area (Å²) in [5, 5.41) is 72.7. The highest BCUT2D eigenvalue weighted by atomic mass is 33.1. The Hall–Kier alpha value is -3.44. The molecule has 2 saturated carbocycles. The van der Waals surface area contributed by atoms with Crippen LogP contribution in [0.25, 0.3) is 16.7 Å². The standard InChI is InChI=1S/C55H65NO10S4/c1-29(2)10-18-64-41-24-38(48(60)50(63-3)49(41)61)55-15-14-54-13-8-30-21-37-36-23-33(59)6-7-34(36)43-39(65-19-17-57)25-40(66-55)44(47(54)51(55)62)46(43)52(37,27-58)28-67-69-53(11-4-5-12-53)45-35(31-9-16-56-26-31)20-32(30)22-42(45)68-70-54/h6-7,9,16,23-26,29-30,32,37,42,47,51,56-62H,4-5,8,10-15,17-22,27-28H2,1-3H3. The molecule has 5 heterocycles. The van der Waals surface area contributed by atoms with E-state index < -0.39 is 27.8 Å². The van der Waals surface area contributed by atoms with Crippen molar-refractivity contribution in [2.75, 3.05) is 39.3 Å². The number of fused-ring (bicyclic) bond motifs is 7. The first-order chi connectivity index (χ1) is 33.9. The van der Waals surface area contributed by atoms with Crippen LogP contribution in [-0.2, 0) is 11.0 Å². The number of aromatic nitrogens is 1. The van der Waals surface area contributed by atoms with Crippen LogP contribution in [0.3, 0.4) is 0 Å². The number of hydrogen-bond donors (Lipinski definition) is 7. The van der Waals surface area contributed by atoms with Crippen LogP contribution in [0.5, 0.6) is 40.2 Å². The number of allylic oxidation sites excluding steroid dienone is 1. The molecule has 1 aromatic heterocycles. The molecule has 0 radical (unpaired) electrons. The lowest BCUT2D eigenvalue weighted by Crippen LogP contribution is -2.61. The summed E-state index contributed by atoms with van der Waals surface area (Å²) in [4.78, 5) is 3.42. The van der Waals surface area contributed by atoms with Gasteiger partial charge >= 0.3 is 0 Å². The molecule has 4 aromatic rings. The molecule has 9 unspecified atom stereocenters. The SMILES string of the molecule is COc1c(O)c(OCCC(C)C)cc(C23CCC45CCC6CC7c8cc(O)ccc8-c8c(OCCO)cc(c(c8C7(CO)CSSC7(CCCC7)C7=C(c8cc[nH]c8)CC6CC7SS4)C5C2O)O3)c1O. The molecule has 3 aromatic carbocycles. The fourth-order valence-electron chi connectivity index (χ4n) is 14.7. The zero-order valence-electron chi connectivity index (χ0n) is 40.1. The van der Waals surface area contributed by atoms with Crippen LogP contribution in [0.15, 0.2) is 54.4 Å². The van der Waals surface area contributed by atoms with Gasteiger partial charge < -0.3 is 54.6 Å². The minimum atomic E-state index is -1.53. The maximum Gasteiger partial charge on any atom is 0.207 e. The van der Waals surface area contributed by atoms with Crippen LogP contribution in [0, 0.1) is 17.8 Å². The van der Waals surface area contributed by atoms with Crippen molar-refractivity contribution < 1.29 is 49.6 Å². The average molecular weight is 1030 g/mol. The van der Waals surface area contributed by atoms with E-state index in [9.17, 15) is 30.6 Å². The summed E-state index contributed by atoms with van der Waals surface area (Å²) in [7, 11) is 9.30. The van der Waals surface area contributed by atoms with Crippen molar-refractivity contribution in [3.05, 3.63) is 82.2 Å². The fourth-order valence-corrected chi connectivity index (χ4v) is 22.8. The summed E-state index contributed by atoms with van der Waals surface area (Å²) in [5.74, 6) is 1.23. The van der Waals surface area contributed by atoms with Gasteiger partial charge in [-0.15, -0.1) is 0 Å². The molecule has 9 atom stereocenters. The number of hydrogen-bond acceptors (Lipinski definition) is 14. The van der Waals surface area contributed by atoms with Crippen LogP contribution in [-0.4, -0.2) is 95.8 Å². The van der Waals surface area contributed by atoms with Crippen molar-refractivity contribution in [2.24, 2.45) is 17.8 Å². The third-order valence-corrected chi connectivity index (χ3v) is 25.0. The molecule has 0 amide bonds. The summed E-state index contributed by atoms with van der Waals surface area (Å²) in [6, 6.07) is 11.5. The van der Waals surface area contributed by atoms with Crippen LogP contribution in [0.2, 0.25) is 0 Å². The number of H-pyrrole nitrogens is 1. The Morgan fingerprint density at radius 3 is 2.49 bits per heavy atom. The number of aromatic hydroxyl groups is 3. The van der Waals surface area contributed by atoms with Crippen LogP contribution in [0.1, 0.15) is 131 Å². The van der Waals surface area contributed by atoms with E-state index in [2.05, 4.69) is 37.3 Å². The Bertz CT molecular complexity index is 2720. The molecular formula is C55H65NO10S4. The largest absolute Gasteiger partial charge is 0.508 e. The average Bonchev–Trinajstić information content (AvgIpc) is 4.07. The summed E-state index contributed by atoms with van der Waals surface area (Å²) >= 11 is 0. The van der Waals surface area contributed by atoms with Crippen molar-refractivity contribution in [1.29, 1.82) is 0 Å². The summed E-state index contributed by atoms with van der Waals surface area (Å²) in [5.41, 5.74) is 6.67. The number of rotatable bonds is 11. The van der Waals surface area contributed by atoms with Gasteiger partial charge in [0.15, 0.2) is 17.1 Å². The predicted molar refractivity (Wildman–Crippen MR) is 280 cm³/mol. The molecule has 5 aliphatic carbocycles. The van der Waals surface area contributed by atoms with Gasteiger partial charge in [0.2, 0.25) is 11.5 Å². The third kappa shape index (κ3) is 7.03. The van der Waals surface area contributed by atoms with Crippen molar-refractivity contribution >= 4 is 48.7 Å². The molecule has 2 spiro atoms. The minimum absolute atomic E-state index is 0.00566. The number of aromatic amines is 1. The molecule has 374 valence electrons. The zero-order chi connectivity index (χ0) is 48.3. The van der Waals surface area contributed by atoms with Gasteiger partial charge in [0.25, 0.3) is 0 Å². The molecular weight excluding hydrogens is 963 g/mol. The summed E-state index contributed by atoms with van der Waals surface area (Å²) in [6.07, 6.45) is 13.8. The van der Waals surface area contributed by atoms with Crippen LogP contribution >= 0.6 is 43.2 Å². The van der Waals surface area contributed by atoms with Crippen LogP contribution < -0.4 is 18.9 Å². The number of ether oxygens (including phenoxy) is 4. The van der Waals surface area contributed by atoms with E-state index in [-0.39, 0.29) is 76.0 Å². The highest BCUT2D eigenvalue weighted by Gasteiger charge is 2.67. The molecule has 9 aliphatic rings. The second kappa shape index (κ2) is 17.9. The van der Waals surface area contributed by atoms with Gasteiger partial charge in [-0.2, -0.15) is 0 Å². The Balaban J connectivity index is 1.17. The number of aliphatic hydroxyl groups is 3. The van der Waals surface area contributed by atoms with E-state index in [1.165, 1.54) is 18.2 Å². The first kappa shape index (κ1) is 47.6. The smallest absolute Gasteiger partial charge is 0.207 e. The van der Waals surface area contributed by atoms with Gasteiger partial charge in [-0.05, 0) is 146 Å². The fraction of sp³-hybridized carbons (Fsp3) is 0.564. The molecule has 13 rings (SSSR count). The van der Waals surface area contributed by atoms with E-state index in [0.29, 0.717) is 48.5 Å².